The molecule has 2 N–H and O–H groups in total. The summed E-state index contributed by atoms with van der Waals surface area (Å²) >= 11 is 15.8. The normalized spacial score (nSPS) is 18.0. The van der Waals surface area contributed by atoms with Gasteiger partial charge in [-0.3, -0.25) is 4.99 Å². The molecule has 0 aromatic heterocycles. The van der Waals surface area contributed by atoms with Crippen molar-refractivity contribution in [3.05, 3.63) is 62.5 Å². The van der Waals surface area contributed by atoms with Gasteiger partial charge in [-0.1, -0.05) is 41.4 Å². The number of aliphatic imine (C=N–C) groups is 1. The third kappa shape index (κ3) is 2.76. The van der Waals surface area contributed by atoms with Gasteiger partial charge in [0.05, 0.1) is 17.6 Å². The molecular formula is C15H12BrCl2N3. The highest BCUT2D eigenvalue weighted by molar-refractivity contribution is 9.10. The molecule has 6 heteroatoms. The Morgan fingerprint density at radius 2 is 1.90 bits per heavy atom. The van der Waals surface area contributed by atoms with Crippen LogP contribution < -0.4 is 10.6 Å². The minimum Gasteiger partial charge on any atom is -0.369 e. The summed E-state index contributed by atoms with van der Waals surface area (Å²) in [5.74, 6) is 0.481. The molecule has 2 aromatic rings. The molecule has 1 unspecified atom stereocenters. The van der Waals surface area contributed by atoms with E-state index in [4.69, 9.17) is 28.9 Å². The highest BCUT2D eigenvalue weighted by Crippen LogP contribution is 2.36. The van der Waals surface area contributed by atoms with Crippen LogP contribution in [-0.2, 0) is 0 Å². The van der Waals surface area contributed by atoms with E-state index in [0.29, 0.717) is 22.5 Å². The summed E-state index contributed by atoms with van der Waals surface area (Å²) in [6, 6.07) is 13.4. The van der Waals surface area contributed by atoms with Gasteiger partial charge in [0.2, 0.25) is 0 Å². The molecule has 0 saturated carbocycles. The highest BCUT2D eigenvalue weighted by Gasteiger charge is 2.30. The molecule has 1 aliphatic heterocycles. The Labute approximate surface area is 141 Å². The summed E-state index contributed by atoms with van der Waals surface area (Å²) in [4.78, 5) is 6.33. The SMILES string of the molecule is NC1=NCC(c2ccccc2Cl)N1c1ccc(Cl)c(Br)c1. The Balaban J connectivity index is 2.03. The molecule has 0 saturated heterocycles. The van der Waals surface area contributed by atoms with E-state index in [2.05, 4.69) is 20.9 Å². The van der Waals surface area contributed by atoms with Crippen molar-refractivity contribution in [2.75, 3.05) is 11.4 Å². The number of benzene rings is 2. The number of halogens is 3. The third-order valence-electron chi connectivity index (χ3n) is 3.43. The number of anilines is 1. The van der Waals surface area contributed by atoms with Gasteiger partial charge < -0.3 is 10.6 Å². The standard InChI is InChI=1S/C15H12BrCl2N3/c16-11-7-9(5-6-13(11)18)21-14(8-20-15(21)19)10-3-1-2-4-12(10)17/h1-7,14H,8H2,(H2,19,20). The second-order valence-electron chi connectivity index (χ2n) is 4.70. The van der Waals surface area contributed by atoms with E-state index in [1.54, 1.807) is 0 Å². The zero-order valence-corrected chi connectivity index (χ0v) is 14.0. The summed E-state index contributed by atoms with van der Waals surface area (Å²) in [5, 5.41) is 1.37. The van der Waals surface area contributed by atoms with Gasteiger partial charge in [-0.25, -0.2) is 0 Å². The minimum absolute atomic E-state index is 0.00762. The predicted octanol–water partition coefficient (Wildman–Crippen LogP) is 4.63. The largest absolute Gasteiger partial charge is 0.369 e. The van der Waals surface area contributed by atoms with Crippen LogP contribution in [0.1, 0.15) is 11.6 Å². The molecule has 1 aliphatic rings. The van der Waals surface area contributed by atoms with Gasteiger partial charge >= 0.3 is 0 Å². The molecule has 0 radical (unpaired) electrons. The first kappa shape index (κ1) is 14.7. The highest BCUT2D eigenvalue weighted by atomic mass is 79.9. The fourth-order valence-corrected chi connectivity index (χ4v) is 3.17. The molecule has 0 fully saturated rings. The smallest absolute Gasteiger partial charge is 0.196 e. The van der Waals surface area contributed by atoms with Crippen LogP contribution in [0.3, 0.4) is 0 Å². The number of nitrogens with two attached hydrogens (primary N) is 1. The lowest BCUT2D eigenvalue weighted by Gasteiger charge is -2.27. The first-order valence-corrected chi connectivity index (χ1v) is 7.91. The lowest BCUT2D eigenvalue weighted by Crippen LogP contribution is -2.36. The Bertz CT molecular complexity index is 718. The van der Waals surface area contributed by atoms with Crippen LogP contribution in [0.4, 0.5) is 5.69 Å². The van der Waals surface area contributed by atoms with Crippen molar-refractivity contribution in [1.82, 2.24) is 0 Å². The van der Waals surface area contributed by atoms with Gasteiger partial charge in [0.25, 0.3) is 0 Å². The van der Waals surface area contributed by atoms with Crippen LogP contribution in [0.25, 0.3) is 0 Å². The van der Waals surface area contributed by atoms with E-state index in [1.807, 2.05) is 47.4 Å². The van der Waals surface area contributed by atoms with Crippen molar-refractivity contribution in [3.63, 3.8) is 0 Å². The second-order valence-corrected chi connectivity index (χ2v) is 6.37. The summed E-state index contributed by atoms with van der Waals surface area (Å²) in [7, 11) is 0. The summed E-state index contributed by atoms with van der Waals surface area (Å²) in [6.07, 6.45) is 0. The molecule has 0 spiro atoms. The van der Waals surface area contributed by atoms with Crippen molar-refractivity contribution >= 4 is 50.8 Å². The topological polar surface area (TPSA) is 41.6 Å². The fraction of sp³-hybridized carbons (Fsp3) is 0.133. The van der Waals surface area contributed by atoms with Gasteiger partial charge in [0, 0.05) is 15.2 Å². The van der Waals surface area contributed by atoms with Crippen LogP contribution in [0, 0.1) is 0 Å². The average Bonchev–Trinajstić information content (AvgIpc) is 2.84. The lowest BCUT2D eigenvalue weighted by molar-refractivity contribution is 0.769. The van der Waals surface area contributed by atoms with Crippen molar-refractivity contribution in [1.29, 1.82) is 0 Å². The molecule has 0 aliphatic carbocycles. The fourth-order valence-electron chi connectivity index (χ4n) is 2.43. The van der Waals surface area contributed by atoms with Crippen LogP contribution in [0.2, 0.25) is 10.0 Å². The van der Waals surface area contributed by atoms with Gasteiger partial charge in [0.1, 0.15) is 0 Å². The van der Waals surface area contributed by atoms with E-state index < -0.39 is 0 Å². The number of rotatable bonds is 2. The van der Waals surface area contributed by atoms with Crippen molar-refractivity contribution in [2.45, 2.75) is 6.04 Å². The zero-order chi connectivity index (χ0) is 15.0. The Morgan fingerprint density at radius 1 is 1.14 bits per heavy atom. The van der Waals surface area contributed by atoms with Crippen LogP contribution in [0.15, 0.2) is 51.9 Å². The third-order valence-corrected chi connectivity index (χ3v) is 4.99. The first-order valence-electron chi connectivity index (χ1n) is 6.36. The van der Waals surface area contributed by atoms with Gasteiger partial charge in [0.15, 0.2) is 5.96 Å². The Kier molecular flexibility index (Phi) is 4.11. The van der Waals surface area contributed by atoms with E-state index >= 15 is 0 Å². The van der Waals surface area contributed by atoms with Crippen molar-refractivity contribution in [2.24, 2.45) is 10.7 Å². The number of nitrogens with zero attached hydrogens (tertiary/aromatic N) is 2. The first-order chi connectivity index (χ1) is 10.1. The maximum atomic E-state index is 6.31. The number of hydrogen-bond donors (Lipinski definition) is 1. The van der Waals surface area contributed by atoms with Crippen LogP contribution in [0.5, 0.6) is 0 Å². The molecule has 108 valence electrons. The Morgan fingerprint density at radius 3 is 2.62 bits per heavy atom. The molecule has 3 rings (SSSR count). The summed E-state index contributed by atoms with van der Waals surface area (Å²) in [6.45, 7) is 0.579. The molecule has 0 bridgehead atoms. The Hall–Kier alpha value is -1.23. The molecule has 3 nitrogen and oxygen atoms in total. The number of hydrogen-bond acceptors (Lipinski definition) is 3. The second kappa shape index (κ2) is 5.87. The molecule has 1 atom stereocenters. The lowest BCUT2D eigenvalue weighted by atomic mass is 10.1. The van der Waals surface area contributed by atoms with E-state index in [-0.39, 0.29) is 6.04 Å². The van der Waals surface area contributed by atoms with E-state index in [0.717, 1.165) is 15.7 Å². The van der Waals surface area contributed by atoms with Crippen molar-refractivity contribution < 1.29 is 0 Å². The summed E-state index contributed by atoms with van der Waals surface area (Å²) < 4.78 is 0.819. The van der Waals surface area contributed by atoms with E-state index in [9.17, 15) is 0 Å². The van der Waals surface area contributed by atoms with Crippen LogP contribution in [-0.4, -0.2) is 12.5 Å². The molecule has 2 aromatic carbocycles. The molecular weight excluding hydrogens is 373 g/mol. The molecule has 1 heterocycles. The maximum Gasteiger partial charge on any atom is 0.196 e. The predicted molar refractivity (Wildman–Crippen MR) is 92.3 cm³/mol. The van der Waals surface area contributed by atoms with Gasteiger partial charge in [-0.05, 0) is 45.8 Å². The number of guanidine groups is 1. The maximum absolute atomic E-state index is 6.31. The monoisotopic (exact) mass is 383 g/mol. The average molecular weight is 385 g/mol. The van der Waals surface area contributed by atoms with Gasteiger partial charge in [-0.2, -0.15) is 0 Å². The summed E-state index contributed by atoms with van der Waals surface area (Å²) in [5.41, 5.74) is 8.00. The van der Waals surface area contributed by atoms with Crippen LogP contribution >= 0.6 is 39.1 Å². The minimum atomic E-state index is -0.00762. The molecule has 21 heavy (non-hydrogen) atoms. The zero-order valence-electron chi connectivity index (χ0n) is 10.9. The molecule has 0 amide bonds. The van der Waals surface area contributed by atoms with Crippen molar-refractivity contribution in [3.8, 4) is 0 Å². The quantitative estimate of drug-likeness (QED) is 0.819. The van der Waals surface area contributed by atoms with E-state index in [1.165, 1.54) is 0 Å². The van der Waals surface area contributed by atoms with Gasteiger partial charge in [-0.15, -0.1) is 0 Å².